The van der Waals surface area contributed by atoms with E-state index in [1.807, 2.05) is 0 Å². The van der Waals surface area contributed by atoms with Crippen molar-refractivity contribution >= 4 is 52.5 Å². The van der Waals surface area contributed by atoms with Gasteiger partial charge in [-0.2, -0.15) is 0 Å². The number of carbonyl (C=O) groups excluding carboxylic acids is 4. The van der Waals surface area contributed by atoms with Crippen LogP contribution in [0.15, 0.2) is 48.0 Å². The molecule has 2 saturated heterocycles. The van der Waals surface area contributed by atoms with Crippen molar-refractivity contribution in [3.63, 3.8) is 0 Å². The van der Waals surface area contributed by atoms with Crippen molar-refractivity contribution < 1.29 is 51.3 Å². The van der Waals surface area contributed by atoms with Gasteiger partial charge in [0.25, 0.3) is 11.8 Å². The fraction of sp³-hybridized carbons (Fsp3) is 0.333. The molecular formula is C36H27Cl2F5N2O6. The highest BCUT2D eigenvalue weighted by molar-refractivity contribution is 6.58. The molecule has 0 spiro atoms. The zero-order valence-corrected chi connectivity index (χ0v) is 28.3. The summed E-state index contributed by atoms with van der Waals surface area (Å²) in [6, 6.07) is 9.10. The lowest BCUT2D eigenvalue weighted by Gasteiger charge is -2.50. The zero-order chi connectivity index (χ0) is 37.1. The quantitative estimate of drug-likeness (QED) is 0.0801. The summed E-state index contributed by atoms with van der Waals surface area (Å²) in [6.07, 6.45) is 1.26. The molecule has 0 aromatic heterocycles. The molecule has 0 bridgehead atoms. The number of alkyl halides is 2. The number of imide groups is 2. The number of aryl methyl sites for hydroxylation is 2. The monoisotopic (exact) mass is 748 g/mol. The maximum absolute atomic E-state index is 15.2. The zero-order valence-electron chi connectivity index (χ0n) is 26.7. The van der Waals surface area contributed by atoms with E-state index < -0.39 is 98.2 Å². The number of anilines is 1. The first-order valence-electron chi connectivity index (χ1n) is 15.9. The molecule has 4 aliphatic rings. The van der Waals surface area contributed by atoms with Crippen LogP contribution in [0.1, 0.15) is 41.0 Å². The normalized spacial score (nSPS) is 28.6. The minimum atomic E-state index is -2.65. The Hall–Kier alpha value is -4.49. The van der Waals surface area contributed by atoms with Gasteiger partial charge in [-0.15, -0.1) is 23.2 Å². The molecule has 7 rings (SSSR count). The number of benzene rings is 3. The van der Waals surface area contributed by atoms with Crippen LogP contribution in [0.2, 0.25) is 0 Å². The third kappa shape index (κ3) is 4.69. The number of allylic oxidation sites excluding steroid dienone is 2. The SMILES string of the molecule is Cc1cc([C@H]2C3=CC[C@@H]4C(=O)N(CCc5ccc(O)cc5)C(=O)[C@@H]4[C@@H]3C[C@@]3(Cl)C(=O)N(c4c(F)c(F)c(F)c(F)c4F)C(=O)[C@@]23Cl)cc(C)c1O. The van der Waals surface area contributed by atoms with Crippen LogP contribution in [0.4, 0.5) is 27.6 Å². The molecule has 266 valence electrons. The van der Waals surface area contributed by atoms with Gasteiger partial charge in [0.15, 0.2) is 33.0 Å². The molecule has 2 aliphatic carbocycles. The highest BCUT2D eigenvalue weighted by Gasteiger charge is 2.77. The van der Waals surface area contributed by atoms with Crippen LogP contribution in [0.25, 0.3) is 0 Å². The Morgan fingerprint density at radius 2 is 1.37 bits per heavy atom. The lowest BCUT2D eigenvalue weighted by atomic mass is 9.56. The van der Waals surface area contributed by atoms with Gasteiger partial charge in [-0.1, -0.05) is 35.9 Å². The van der Waals surface area contributed by atoms with Crippen LogP contribution in [0, 0.1) is 60.7 Å². The molecule has 2 N–H and O–H groups in total. The smallest absolute Gasteiger partial charge is 0.258 e. The average molecular weight is 750 g/mol. The molecule has 0 unspecified atom stereocenters. The van der Waals surface area contributed by atoms with Gasteiger partial charge in [0, 0.05) is 12.5 Å². The standard InChI is InChI=1S/C36H27Cl2F5N2O6/c1-14-11-17(12-15(2)30(14)47)23-19-7-8-20-22(32(49)44(31(20)48)10-9-16-3-5-18(46)6-4-16)21(19)13-35(37)33(50)45(34(51)36(23,35)38)29-27(42)25(40)24(39)26(41)28(29)43/h3-7,11-12,20-23,46-47H,8-10,13H2,1-2H3/t20-,21+,22-,23-,35+,36-/m0/s1. The molecule has 51 heavy (non-hydrogen) atoms. The largest absolute Gasteiger partial charge is 0.508 e. The van der Waals surface area contributed by atoms with Gasteiger partial charge < -0.3 is 10.2 Å². The number of aromatic hydroxyl groups is 2. The molecule has 6 atom stereocenters. The molecule has 1 saturated carbocycles. The van der Waals surface area contributed by atoms with Crippen LogP contribution < -0.4 is 4.90 Å². The number of likely N-dealkylation sites (tertiary alicyclic amines) is 1. The summed E-state index contributed by atoms with van der Waals surface area (Å²) in [4.78, 5) is 52.1. The van der Waals surface area contributed by atoms with Crippen molar-refractivity contribution in [3.05, 3.63) is 99.4 Å². The van der Waals surface area contributed by atoms with Gasteiger partial charge in [0.05, 0.1) is 11.8 Å². The highest BCUT2D eigenvalue weighted by Crippen LogP contribution is 2.66. The fourth-order valence-electron chi connectivity index (χ4n) is 8.29. The van der Waals surface area contributed by atoms with Crippen LogP contribution in [-0.4, -0.2) is 55.0 Å². The molecule has 15 heteroatoms. The summed E-state index contributed by atoms with van der Waals surface area (Å²) in [5, 5.41) is 20.2. The molecule has 3 fully saturated rings. The van der Waals surface area contributed by atoms with Gasteiger partial charge in [-0.25, -0.2) is 26.9 Å². The van der Waals surface area contributed by atoms with E-state index in [2.05, 4.69) is 0 Å². The number of halogens is 7. The first-order chi connectivity index (χ1) is 23.9. The lowest BCUT2D eigenvalue weighted by molar-refractivity contribution is -0.140. The second kappa shape index (κ2) is 11.8. The molecule has 2 heterocycles. The van der Waals surface area contributed by atoms with E-state index >= 15 is 8.78 Å². The van der Waals surface area contributed by atoms with Crippen molar-refractivity contribution in [3.8, 4) is 11.5 Å². The molecule has 0 radical (unpaired) electrons. The Labute approximate surface area is 297 Å². The molecule has 3 aromatic carbocycles. The Kier molecular flexibility index (Phi) is 8.07. The maximum Gasteiger partial charge on any atom is 0.258 e. The van der Waals surface area contributed by atoms with Crippen molar-refractivity contribution in [1.29, 1.82) is 0 Å². The first kappa shape index (κ1) is 34.9. The average Bonchev–Trinajstić information content (AvgIpc) is 3.42. The van der Waals surface area contributed by atoms with Crippen LogP contribution in [0.5, 0.6) is 11.5 Å². The van der Waals surface area contributed by atoms with Gasteiger partial charge in [-0.3, -0.25) is 24.1 Å². The molecule has 3 aromatic rings. The van der Waals surface area contributed by atoms with E-state index in [-0.39, 0.29) is 41.3 Å². The van der Waals surface area contributed by atoms with Gasteiger partial charge in [0.2, 0.25) is 17.6 Å². The minimum absolute atomic E-state index is 0.00901. The van der Waals surface area contributed by atoms with Gasteiger partial charge in [0.1, 0.15) is 17.2 Å². The minimum Gasteiger partial charge on any atom is -0.508 e. The van der Waals surface area contributed by atoms with Crippen molar-refractivity contribution in [2.75, 3.05) is 11.4 Å². The lowest BCUT2D eigenvalue weighted by Crippen LogP contribution is -2.60. The van der Waals surface area contributed by atoms with Crippen LogP contribution in [0.3, 0.4) is 0 Å². The maximum atomic E-state index is 15.2. The van der Waals surface area contributed by atoms with E-state index in [0.717, 1.165) is 10.5 Å². The van der Waals surface area contributed by atoms with E-state index in [9.17, 15) is 42.6 Å². The third-order valence-electron chi connectivity index (χ3n) is 10.7. The number of carbonyl (C=O) groups is 4. The number of amides is 4. The number of nitrogens with zero attached hydrogens (tertiary/aromatic N) is 2. The van der Waals surface area contributed by atoms with Gasteiger partial charge >= 0.3 is 0 Å². The molecule has 4 amide bonds. The molecule has 8 nitrogen and oxygen atoms in total. The highest BCUT2D eigenvalue weighted by atomic mass is 35.5. The van der Waals surface area contributed by atoms with Crippen LogP contribution in [-0.2, 0) is 25.6 Å². The summed E-state index contributed by atoms with van der Waals surface area (Å²) < 4.78 is 73.4. The van der Waals surface area contributed by atoms with E-state index in [4.69, 9.17) is 23.2 Å². The number of rotatable bonds is 5. The molecule has 2 aliphatic heterocycles. The van der Waals surface area contributed by atoms with Crippen LogP contribution >= 0.6 is 23.2 Å². The summed E-state index contributed by atoms with van der Waals surface area (Å²) >= 11 is 14.3. The summed E-state index contributed by atoms with van der Waals surface area (Å²) in [5.41, 5.74) is 0.0147. The fourth-order valence-corrected chi connectivity index (χ4v) is 9.22. The summed E-state index contributed by atoms with van der Waals surface area (Å²) in [5.74, 6) is -21.0. The summed E-state index contributed by atoms with van der Waals surface area (Å²) in [7, 11) is 0. The predicted molar refractivity (Wildman–Crippen MR) is 173 cm³/mol. The van der Waals surface area contributed by atoms with E-state index in [1.165, 1.54) is 24.3 Å². The Morgan fingerprint density at radius 3 is 1.96 bits per heavy atom. The van der Waals surface area contributed by atoms with Crippen molar-refractivity contribution in [2.45, 2.75) is 48.8 Å². The Morgan fingerprint density at radius 1 is 0.804 bits per heavy atom. The number of phenols is 2. The summed E-state index contributed by atoms with van der Waals surface area (Å²) in [6.45, 7) is 3.06. The van der Waals surface area contributed by atoms with Crippen molar-refractivity contribution in [2.24, 2.45) is 17.8 Å². The predicted octanol–water partition coefficient (Wildman–Crippen LogP) is 6.22. The van der Waals surface area contributed by atoms with Gasteiger partial charge in [-0.05, 0) is 73.4 Å². The second-order valence-electron chi connectivity index (χ2n) is 13.4. The number of hydrogen-bond acceptors (Lipinski definition) is 6. The number of hydrogen-bond donors (Lipinski definition) is 2. The van der Waals surface area contributed by atoms with E-state index in [0.29, 0.717) is 16.7 Å². The third-order valence-corrected chi connectivity index (χ3v) is 12.1. The van der Waals surface area contributed by atoms with E-state index in [1.54, 1.807) is 32.1 Å². The second-order valence-corrected chi connectivity index (χ2v) is 14.7. The Balaban J connectivity index is 1.37. The number of fused-ring (bicyclic) bond motifs is 4. The first-order valence-corrected chi connectivity index (χ1v) is 16.6. The topological polar surface area (TPSA) is 115 Å². The molecular weight excluding hydrogens is 722 g/mol. The number of phenolic OH excluding ortho intramolecular Hbond substituents is 2. The van der Waals surface area contributed by atoms with Crippen molar-refractivity contribution in [1.82, 2.24) is 4.90 Å². The Bertz CT molecular complexity index is 2080.